The minimum atomic E-state index is -4.64. The molecule has 3 heterocycles. The zero-order chi connectivity index (χ0) is 24.6. The van der Waals surface area contributed by atoms with E-state index in [0.29, 0.717) is 23.9 Å². The van der Waals surface area contributed by atoms with Gasteiger partial charge in [-0.25, -0.2) is 4.98 Å². The molecular formula is C24H26ClF3N4O3. The quantitative estimate of drug-likeness (QED) is 0.683. The number of aliphatic hydroxyl groups is 1. The van der Waals surface area contributed by atoms with E-state index in [9.17, 15) is 27.9 Å². The number of imidazole rings is 1. The zero-order valence-corrected chi connectivity index (χ0v) is 19.7. The normalized spacial score (nSPS) is 29.3. The number of alkyl halides is 3. The van der Waals surface area contributed by atoms with Crippen molar-refractivity contribution in [2.24, 2.45) is 11.8 Å². The lowest BCUT2D eigenvalue weighted by Gasteiger charge is -2.38. The van der Waals surface area contributed by atoms with Gasteiger partial charge in [-0.2, -0.15) is 13.2 Å². The minimum Gasteiger partial charge on any atom is -0.393 e. The highest BCUT2D eigenvalue weighted by molar-refractivity contribution is 6.33. The van der Waals surface area contributed by atoms with Crippen LogP contribution in [0.15, 0.2) is 12.3 Å². The third-order valence-corrected chi connectivity index (χ3v) is 8.55. The molecule has 2 aromatic rings. The molecule has 3 saturated carbocycles. The summed E-state index contributed by atoms with van der Waals surface area (Å²) in [6.07, 6.45) is 1.57. The number of halogens is 4. The molecule has 0 aromatic carbocycles. The second kappa shape index (κ2) is 8.09. The highest BCUT2D eigenvalue weighted by Crippen LogP contribution is 2.46. The molecule has 4 aliphatic rings. The van der Waals surface area contributed by atoms with Crippen LogP contribution in [0.2, 0.25) is 5.15 Å². The predicted octanol–water partition coefficient (Wildman–Crippen LogP) is 3.72. The van der Waals surface area contributed by atoms with Crippen molar-refractivity contribution in [3.63, 3.8) is 0 Å². The maximum atomic E-state index is 13.8. The Morgan fingerprint density at radius 1 is 1.11 bits per heavy atom. The fourth-order valence-electron chi connectivity index (χ4n) is 6.33. The van der Waals surface area contributed by atoms with Gasteiger partial charge in [0.25, 0.3) is 5.91 Å². The van der Waals surface area contributed by atoms with Crippen LogP contribution in [0.5, 0.6) is 0 Å². The van der Waals surface area contributed by atoms with Crippen molar-refractivity contribution in [2.45, 2.75) is 62.8 Å². The van der Waals surface area contributed by atoms with Crippen molar-refractivity contribution in [3.8, 4) is 0 Å². The highest BCUT2D eigenvalue weighted by atomic mass is 35.5. The number of aromatic nitrogens is 2. The molecule has 6 rings (SSSR count). The smallest absolute Gasteiger partial charge is 0.393 e. The summed E-state index contributed by atoms with van der Waals surface area (Å²) in [5.74, 6) is 0.105. The molecule has 0 spiro atoms. The third kappa shape index (κ3) is 3.98. The Hall–Kier alpha value is -2.33. The minimum absolute atomic E-state index is 0.0576. The van der Waals surface area contributed by atoms with Crippen LogP contribution >= 0.6 is 11.6 Å². The van der Waals surface area contributed by atoms with Crippen LogP contribution in [0.3, 0.4) is 0 Å². The van der Waals surface area contributed by atoms with Gasteiger partial charge in [-0.3, -0.25) is 14.0 Å². The molecule has 1 saturated heterocycles. The second-order valence-electron chi connectivity index (χ2n) is 10.5. The number of carbonyl (C=O) groups is 2. The van der Waals surface area contributed by atoms with E-state index in [4.69, 9.17) is 11.6 Å². The number of hydrogen-bond acceptors (Lipinski definition) is 4. The van der Waals surface area contributed by atoms with Gasteiger partial charge in [0, 0.05) is 25.3 Å². The Labute approximate surface area is 204 Å². The SMILES string of the molecule is O=C(c1nc2c(C(F)(F)F)cc(C3CC3)cn2c1Cl)N1CCN(C2CC3CC(O)CC3C2)C(=O)C1. The number of hydrogen-bond donors (Lipinski definition) is 1. The van der Waals surface area contributed by atoms with E-state index in [0.717, 1.165) is 49.0 Å². The number of aliphatic hydroxyl groups excluding tert-OH is 1. The summed E-state index contributed by atoms with van der Waals surface area (Å²) in [7, 11) is 0. The van der Waals surface area contributed by atoms with Gasteiger partial charge in [-0.15, -0.1) is 0 Å². The van der Waals surface area contributed by atoms with E-state index >= 15 is 0 Å². The molecule has 0 bridgehead atoms. The first-order valence-electron chi connectivity index (χ1n) is 12.2. The summed E-state index contributed by atoms with van der Waals surface area (Å²) in [4.78, 5) is 33.3. The molecule has 1 aliphatic heterocycles. The van der Waals surface area contributed by atoms with Gasteiger partial charge in [-0.05, 0) is 67.9 Å². The summed E-state index contributed by atoms with van der Waals surface area (Å²) in [5.41, 5.74) is -1.06. The van der Waals surface area contributed by atoms with Crippen molar-refractivity contribution < 1.29 is 27.9 Å². The van der Waals surface area contributed by atoms with Crippen LogP contribution in [0.1, 0.15) is 66.1 Å². The number of piperazine rings is 1. The number of amides is 2. The summed E-state index contributed by atoms with van der Waals surface area (Å²) in [6.45, 7) is 0.474. The number of nitrogens with zero attached hydrogens (tertiary/aromatic N) is 4. The Balaban J connectivity index is 1.22. The molecule has 35 heavy (non-hydrogen) atoms. The van der Waals surface area contributed by atoms with Crippen molar-refractivity contribution >= 4 is 29.1 Å². The summed E-state index contributed by atoms with van der Waals surface area (Å²) in [5, 5.41) is 9.69. The van der Waals surface area contributed by atoms with Gasteiger partial charge in [-0.1, -0.05) is 11.6 Å². The Kier molecular flexibility index (Phi) is 5.34. The number of carbonyl (C=O) groups excluding carboxylic acids is 2. The van der Waals surface area contributed by atoms with Crippen molar-refractivity contribution in [1.29, 1.82) is 0 Å². The number of rotatable bonds is 3. The van der Waals surface area contributed by atoms with Crippen LogP contribution < -0.4 is 0 Å². The molecule has 1 N–H and O–H groups in total. The first kappa shape index (κ1) is 23.1. The molecule has 2 aromatic heterocycles. The zero-order valence-electron chi connectivity index (χ0n) is 19.0. The van der Waals surface area contributed by atoms with Crippen molar-refractivity contribution in [2.75, 3.05) is 19.6 Å². The second-order valence-corrected chi connectivity index (χ2v) is 10.8. The van der Waals surface area contributed by atoms with E-state index in [1.54, 1.807) is 0 Å². The summed E-state index contributed by atoms with van der Waals surface area (Å²) in [6, 6.07) is 1.21. The van der Waals surface area contributed by atoms with Crippen molar-refractivity contribution in [3.05, 3.63) is 34.2 Å². The average molecular weight is 511 g/mol. The standard InChI is InChI=1S/C24H26ClF3N4O3/c25-21-20(29-22-18(24(26,27)28)9-15(10-32(21)22)12-1-2-12)23(35)30-3-4-31(19(34)11-30)16-5-13-7-17(33)8-14(13)6-16/h9-10,12-14,16-17,33H,1-8,11H2. The molecule has 2 unspecified atom stereocenters. The molecule has 3 aliphatic carbocycles. The van der Waals surface area contributed by atoms with Gasteiger partial charge in [0.05, 0.1) is 11.7 Å². The van der Waals surface area contributed by atoms with E-state index in [-0.39, 0.29) is 47.9 Å². The van der Waals surface area contributed by atoms with Crippen LogP contribution in [-0.4, -0.2) is 67.9 Å². The van der Waals surface area contributed by atoms with E-state index in [2.05, 4.69) is 4.98 Å². The monoisotopic (exact) mass is 510 g/mol. The number of pyridine rings is 1. The molecule has 11 heteroatoms. The molecular weight excluding hydrogens is 485 g/mol. The Morgan fingerprint density at radius 3 is 2.40 bits per heavy atom. The van der Waals surface area contributed by atoms with Crippen LogP contribution in [0.4, 0.5) is 13.2 Å². The summed E-state index contributed by atoms with van der Waals surface area (Å²) < 4.78 is 42.5. The predicted molar refractivity (Wildman–Crippen MR) is 120 cm³/mol. The molecule has 7 nitrogen and oxygen atoms in total. The summed E-state index contributed by atoms with van der Waals surface area (Å²) >= 11 is 6.40. The first-order chi connectivity index (χ1) is 16.6. The lowest BCUT2D eigenvalue weighted by Crippen LogP contribution is -2.55. The van der Waals surface area contributed by atoms with E-state index < -0.39 is 23.3 Å². The molecule has 2 amide bonds. The molecule has 188 valence electrons. The largest absolute Gasteiger partial charge is 0.419 e. The van der Waals surface area contributed by atoms with Crippen LogP contribution in [0, 0.1) is 11.8 Å². The lowest BCUT2D eigenvalue weighted by atomic mass is 10.0. The number of fused-ring (bicyclic) bond motifs is 2. The van der Waals surface area contributed by atoms with Gasteiger partial charge >= 0.3 is 6.18 Å². The maximum Gasteiger partial charge on any atom is 0.419 e. The van der Waals surface area contributed by atoms with Crippen LogP contribution in [0.25, 0.3) is 5.65 Å². The first-order valence-corrected chi connectivity index (χ1v) is 12.5. The van der Waals surface area contributed by atoms with Gasteiger partial charge < -0.3 is 14.9 Å². The van der Waals surface area contributed by atoms with Crippen molar-refractivity contribution in [1.82, 2.24) is 19.2 Å². The highest BCUT2D eigenvalue weighted by Gasteiger charge is 2.45. The van der Waals surface area contributed by atoms with E-state index in [1.807, 2.05) is 4.90 Å². The molecule has 2 atom stereocenters. The molecule has 4 fully saturated rings. The van der Waals surface area contributed by atoms with Gasteiger partial charge in [0.2, 0.25) is 5.91 Å². The Bertz CT molecular complexity index is 1200. The Morgan fingerprint density at radius 2 is 1.80 bits per heavy atom. The maximum absolute atomic E-state index is 13.8. The van der Waals surface area contributed by atoms with Crippen LogP contribution in [-0.2, 0) is 11.0 Å². The fraction of sp³-hybridized carbons (Fsp3) is 0.625. The van der Waals surface area contributed by atoms with Gasteiger partial charge in [0.1, 0.15) is 11.7 Å². The fourth-order valence-corrected chi connectivity index (χ4v) is 6.58. The molecule has 0 radical (unpaired) electrons. The third-order valence-electron chi connectivity index (χ3n) is 8.19. The van der Waals surface area contributed by atoms with Gasteiger partial charge in [0.15, 0.2) is 11.3 Å². The lowest BCUT2D eigenvalue weighted by molar-refractivity contribution is -0.138. The average Bonchev–Trinajstić information content (AvgIpc) is 3.38. The van der Waals surface area contributed by atoms with E-state index in [1.165, 1.54) is 11.1 Å². The topological polar surface area (TPSA) is 78.2 Å².